The highest BCUT2D eigenvalue weighted by atomic mass is 15.0. The molecule has 4 nitrogen and oxygen atoms in total. The molecule has 0 N–H and O–H groups in total. The Bertz CT molecular complexity index is 3130. The zero-order valence-electron chi connectivity index (χ0n) is 31.4. The summed E-state index contributed by atoms with van der Waals surface area (Å²) in [6.45, 7) is 2.20. The largest absolute Gasteiger partial charge is 0.208 e. The first-order valence-electron chi connectivity index (χ1n) is 19.4. The number of nitriles is 1. The molecule has 0 unspecified atom stereocenters. The molecular weight excluding hydrogens is 693 g/mol. The van der Waals surface area contributed by atoms with E-state index in [1.807, 2.05) is 42.5 Å². The Morgan fingerprint density at radius 3 is 1.70 bits per heavy atom. The maximum Gasteiger partial charge on any atom is 0.164 e. The number of fused-ring (bicyclic) bond motifs is 4. The van der Waals surface area contributed by atoms with Crippen LogP contribution in [0.1, 0.15) is 29.8 Å². The van der Waals surface area contributed by atoms with Crippen LogP contribution in [0.5, 0.6) is 0 Å². The fourth-order valence-corrected chi connectivity index (χ4v) is 8.24. The molecule has 1 aliphatic carbocycles. The van der Waals surface area contributed by atoms with Gasteiger partial charge in [-0.3, -0.25) is 0 Å². The molecule has 0 atom stereocenters. The highest BCUT2D eigenvalue weighted by Crippen LogP contribution is 2.41. The first-order valence-corrected chi connectivity index (χ1v) is 19.4. The smallest absolute Gasteiger partial charge is 0.164 e. The van der Waals surface area contributed by atoms with Crippen LogP contribution in [0.3, 0.4) is 0 Å². The van der Waals surface area contributed by atoms with Gasteiger partial charge in [0.25, 0.3) is 0 Å². The van der Waals surface area contributed by atoms with Crippen molar-refractivity contribution in [3.63, 3.8) is 0 Å². The molecular formula is C53H36N4. The first-order chi connectivity index (χ1) is 28.1. The van der Waals surface area contributed by atoms with Gasteiger partial charge in [-0.2, -0.15) is 5.26 Å². The van der Waals surface area contributed by atoms with Crippen LogP contribution < -0.4 is 0 Å². The molecule has 0 bridgehead atoms. The molecule has 4 heteroatoms. The van der Waals surface area contributed by atoms with Gasteiger partial charge in [-0.05, 0) is 121 Å². The predicted molar refractivity (Wildman–Crippen MR) is 235 cm³/mol. The van der Waals surface area contributed by atoms with Gasteiger partial charge in [0.15, 0.2) is 17.5 Å². The topological polar surface area (TPSA) is 62.5 Å². The van der Waals surface area contributed by atoms with Crippen molar-refractivity contribution >= 4 is 37.9 Å². The summed E-state index contributed by atoms with van der Waals surface area (Å²) in [5.74, 6) is 2.01. The second-order valence-electron chi connectivity index (χ2n) is 14.7. The van der Waals surface area contributed by atoms with E-state index in [1.165, 1.54) is 32.7 Å². The average Bonchev–Trinajstić information content (AvgIpc) is 3.29. The molecule has 0 spiro atoms. The van der Waals surface area contributed by atoms with Crippen molar-refractivity contribution < 1.29 is 0 Å². The van der Waals surface area contributed by atoms with Gasteiger partial charge < -0.3 is 0 Å². The van der Waals surface area contributed by atoms with E-state index >= 15 is 0 Å². The Morgan fingerprint density at radius 1 is 0.456 bits per heavy atom. The molecule has 8 aromatic carbocycles. The number of aryl methyl sites for hydroxylation is 1. The van der Waals surface area contributed by atoms with Gasteiger partial charge in [-0.1, -0.05) is 146 Å². The van der Waals surface area contributed by atoms with E-state index in [0.717, 1.165) is 68.1 Å². The minimum Gasteiger partial charge on any atom is -0.208 e. The zero-order valence-corrected chi connectivity index (χ0v) is 31.4. The molecule has 9 aromatic rings. The lowest BCUT2D eigenvalue weighted by Gasteiger charge is -2.17. The molecule has 0 amide bonds. The normalized spacial score (nSPS) is 12.5. The van der Waals surface area contributed by atoms with Crippen LogP contribution >= 0.6 is 0 Å². The third-order valence-corrected chi connectivity index (χ3v) is 11.1. The van der Waals surface area contributed by atoms with Crippen LogP contribution in [0.25, 0.3) is 94.0 Å². The Balaban J connectivity index is 1.02. The summed E-state index contributed by atoms with van der Waals surface area (Å²) in [7, 11) is 0. The lowest BCUT2D eigenvalue weighted by atomic mass is 9.87. The van der Waals surface area contributed by atoms with E-state index in [1.54, 1.807) is 0 Å². The number of allylic oxidation sites excluding steroid dienone is 4. The molecule has 1 heterocycles. The lowest BCUT2D eigenvalue weighted by Crippen LogP contribution is -2.03. The maximum absolute atomic E-state index is 10.2. The SMILES string of the molecule is Cc1c(-c2cc(C#N)cc(-c3ccc4ccc(-c5ccc(-c6nc(C7=CCCC=C7)nc(-c7ccccc7)n6)cc5)cc4c3)c2)c2ccccc2c2ccccc12. The third-order valence-electron chi connectivity index (χ3n) is 11.1. The summed E-state index contributed by atoms with van der Waals surface area (Å²) in [5.41, 5.74) is 11.3. The minimum absolute atomic E-state index is 0.640. The van der Waals surface area contributed by atoms with Crippen LogP contribution in [-0.4, -0.2) is 15.0 Å². The van der Waals surface area contributed by atoms with Crippen LogP contribution in [0.15, 0.2) is 176 Å². The van der Waals surface area contributed by atoms with E-state index in [-0.39, 0.29) is 0 Å². The van der Waals surface area contributed by atoms with Crippen molar-refractivity contribution in [1.82, 2.24) is 15.0 Å². The molecule has 0 saturated heterocycles. The quantitative estimate of drug-likeness (QED) is 0.160. The van der Waals surface area contributed by atoms with Gasteiger partial charge in [-0.25, -0.2) is 15.0 Å². The van der Waals surface area contributed by atoms with Gasteiger partial charge in [0, 0.05) is 16.7 Å². The standard InChI is InChI=1S/C53H36N4/c1-34-46-16-8-9-17-47(46)48-18-10-11-19-49(48)50(34)45-29-35(33-54)28-43(32-45)42-27-23-37-22-26-41(30-44(37)31-42)36-20-24-40(25-21-36)53-56-51(38-12-4-2-5-13-38)55-52(57-53)39-14-6-3-7-15-39/h2,4-6,8-32H,3,7H2,1H3. The number of hydrogen-bond acceptors (Lipinski definition) is 4. The summed E-state index contributed by atoms with van der Waals surface area (Å²) in [4.78, 5) is 14.7. The van der Waals surface area contributed by atoms with Crippen molar-refractivity contribution in [2.24, 2.45) is 0 Å². The highest BCUT2D eigenvalue weighted by molar-refractivity contribution is 6.16. The molecule has 0 fully saturated rings. The first kappa shape index (κ1) is 34.0. The lowest BCUT2D eigenvalue weighted by molar-refractivity contribution is 1.01. The number of nitrogens with zero attached hydrogens (tertiary/aromatic N) is 4. The fraction of sp³-hybridized carbons (Fsp3) is 0.0566. The highest BCUT2D eigenvalue weighted by Gasteiger charge is 2.17. The summed E-state index contributed by atoms with van der Waals surface area (Å²) in [6, 6.07) is 57.7. The van der Waals surface area contributed by atoms with Crippen LogP contribution in [-0.2, 0) is 0 Å². The Hall–Kier alpha value is -7.48. The molecule has 1 aliphatic rings. The van der Waals surface area contributed by atoms with E-state index in [4.69, 9.17) is 15.0 Å². The molecule has 0 saturated carbocycles. The Kier molecular flexibility index (Phi) is 8.54. The predicted octanol–water partition coefficient (Wildman–Crippen LogP) is 13.6. The number of benzene rings is 8. The van der Waals surface area contributed by atoms with Crippen LogP contribution in [0, 0.1) is 18.3 Å². The van der Waals surface area contributed by atoms with Crippen molar-refractivity contribution in [2.45, 2.75) is 19.8 Å². The number of rotatable bonds is 6. The van der Waals surface area contributed by atoms with E-state index < -0.39 is 0 Å². The maximum atomic E-state index is 10.2. The third kappa shape index (κ3) is 6.36. The summed E-state index contributed by atoms with van der Waals surface area (Å²) >= 11 is 0. The van der Waals surface area contributed by atoms with Crippen molar-refractivity contribution in [3.05, 3.63) is 193 Å². The molecule has 10 rings (SSSR count). The van der Waals surface area contributed by atoms with Crippen molar-refractivity contribution in [1.29, 1.82) is 5.26 Å². The molecule has 57 heavy (non-hydrogen) atoms. The molecule has 268 valence electrons. The Labute approximate surface area is 331 Å². The molecule has 1 aromatic heterocycles. The van der Waals surface area contributed by atoms with Gasteiger partial charge in [-0.15, -0.1) is 0 Å². The summed E-state index contributed by atoms with van der Waals surface area (Å²) < 4.78 is 0. The molecule has 0 radical (unpaired) electrons. The zero-order chi connectivity index (χ0) is 38.3. The van der Waals surface area contributed by atoms with E-state index in [2.05, 4.69) is 146 Å². The average molecular weight is 729 g/mol. The number of aromatic nitrogens is 3. The van der Waals surface area contributed by atoms with Crippen LogP contribution in [0.2, 0.25) is 0 Å². The summed E-state index contributed by atoms with van der Waals surface area (Å²) in [5, 5.41) is 17.4. The van der Waals surface area contributed by atoms with Gasteiger partial charge >= 0.3 is 0 Å². The summed E-state index contributed by atoms with van der Waals surface area (Å²) in [6.07, 6.45) is 8.50. The fourth-order valence-electron chi connectivity index (χ4n) is 8.24. The monoisotopic (exact) mass is 728 g/mol. The minimum atomic E-state index is 0.640. The second-order valence-corrected chi connectivity index (χ2v) is 14.7. The van der Waals surface area contributed by atoms with Gasteiger partial charge in [0.2, 0.25) is 0 Å². The van der Waals surface area contributed by atoms with Gasteiger partial charge in [0.1, 0.15) is 0 Å². The molecule has 0 aliphatic heterocycles. The van der Waals surface area contributed by atoms with Crippen molar-refractivity contribution in [2.75, 3.05) is 0 Å². The van der Waals surface area contributed by atoms with E-state index in [0.29, 0.717) is 23.0 Å². The Morgan fingerprint density at radius 2 is 1.02 bits per heavy atom. The second kappa shape index (κ2) is 14.3. The van der Waals surface area contributed by atoms with Gasteiger partial charge in [0.05, 0.1) is 11.6 Å². The van der Waals surface area contributed by atoms with E-state index in [9.17, 15) is 5.26 Å². The van der Waals surface area contributed by atoms with Crippen molar-refractivity contribution in [3.8, 4) is 62.2 Å². The van der Waals surface area contributed by atoms with Crippen LogP contribution in [0.4, 0.5) is 0 Å². The number of hydrogen-bond donors (Lipinski definition) is 0.